The third-order valence-corrected chi connectivity index (χ3v) is 4.40. The van der Waals surface area contributed by atoms with Gasteiger partial charge < -0.3 is 15.0 Å². The molecule has 148 valence electrons. The van der Waals surface area contributed by atoms with Gasteiger partial charge in [0.15, 0.2) is 0 Å². The van der Waals surface area contributed by atoms with Crippen molar-refractivity contribution >= 4 is 35.1 Å². The van der Waals surface area contributed by atoms with E-state index in [1.54, 1.807) is 12.1 Å². The molecule has 2 aromatic rings. The van der Waals surface area contributed by atoms with Crippen LogP contribution in [0.15, 0.2) is 42.6 Å². The molecule has 5 nitrogen and oxygen atoms in total. The van der Waals surface area contributed by atoms with Crippen LogP contribution in [0.3, 0.4) is 0 Å². The van der Waals surface area contributed by atoms with Crippen molar-refractivity contribution in [3.63, 3.8) is 0 Å². The molecular formula is C19H17ClF3N3O2. The number of carbonyl (C=O) groups excluding carboxylic acids is 1. The molecule has 1 aromatic heterocycles. The summed E-state index contributed by atoms with van der Waals surface area (Å²) in [5.74, 6) is 0.308. The summed E-state index contributed by atoms with van der Waals surface area (Å²) in [6, 6.07) is 6.95. The molecule has 1 fully saturated rings. The predicted molar refractivity (Wildman–Crippen MR) is 101 cm³/mol. The molecule has 0 atom stereocenters. The number of amides is 1. The maximum atomic E-state index is 12.9. The highest BCUT2D eigenvalue weighted by atomic mass is 35.5. The number of hydrogen-bond donors (Lipinski definition) is 1. The maximum Gasteiger partial charge on any atom is 0.417 e. The van der Waals surface area contributed by atoms with Crippen LogP contribution in [0, 0.1) is 0 Å². The van der Waals surface area contributed by atoms with Gasteiger partial charge in [-0.3, -0.25) is 4.79 Å². The molecule has 9 heteroatoms. The van der Waals surface area contributed by atoms with E-state index < -0.39 is 17.6 Å². The predicted octanol–water partition coefficient (Wildman–Crippen LogP) is 4.24. The molecule has 0 radical (unpaired) electrons. The van der Waals surface area contributed by atoms with E-state index in [0.717, 1.165) is 37.1 Å². The maximum absolute atomic E-state index is 12.9. The van der Waals surface area contributed by atoms with E-state index in [1.165, 1.54) is 18.3 Å². The number of rotatable bonds is 4. The van der Waals surface area contributed by atoms with Gasteiger partial charge in [-0.1, -0.05) is 17.7 Å². The zero-order valence-corrected chi connectivity index (χ0v) is 15.4. The molecule has 1 saturated heterocycles. The van der Waals surface area contributed by atoms with Crippen molar-refractivity contribution < 1.29 is 22.7 Å². The number of anilines is 2. The van der Waals surface area contributed by atoms with E-state index in [-0.39, 0.29) is 10.6 Å². The summed E-state index contributed by atoms with van der Waals surface area (Å²) < 4.78 is 43.9. The lowest BCUT2D eigenvalue weighted by atomic mass is 10.1. The highest BCUT2D eigenvalue weighted by molar-refractivity contribution is 6.31. The molecule has 3 rings (SSSR count). The van der Waals surface area contributed by atoms with Crippen LogP contribution in [0.5, 0.6) is 0 Å². The van der Waals surface area contributed by atoms with E-state index in [9.17, 15) is 18.0 Å². The van der Waals surface area contributed by atoms with E-state index in [4.69, 9.17) is 16.3 Å². The number of pyridine rings is 1. The minimum absolute atomic E-state index is 0.215. The van der Waals surface area contributed by atoms with Crippen LogP contribution >= 0.6 is 11.6 Å². The van der Waals surface area contributed by atoms with Crippen LogP contribution in [0.1, 0.15) is 11.1 Å². The van der Waals surface area contributed by atoms with Crippen LogP contribution in [0.4, 0.5) is 24.7 Å². The van der Waals surface area contributed by atoms with Gasteiger partial charge in [0.2, 0.25) is 5.91 Å². The van der Waals surface area contributed by atoms with Crippen molar-refractivity contribution in [2.24, 2.45) is 0 Å². The lowest BCUT2D eigenvalue weighted by Crippen LogP contribution is -2.36. The van der Waals surface area contributed by atoms with Crippen LogP contribution in [-0.2, 0) is 15.7 Å². The summed E-state index contributed by atoms with van der Waals surface area (Å²) in [6.07, 6.45) is -0.590. The van der Waals surface area contributed by atoms with E-state index in [2.05, 4.69) is 15.2 Å². The Hall–Kier alpha value is -2.58. The second kappa shape index (κ2) is 8.62. The Bertz CT molecular complexity index is 864. The van der Waals surface area contributed by atoms with Gasteiger partial charge in [0.25, 0.3) is 0 Å². The van der Waals surface area contributed by atoms with Gasteiger partial charge in [0.05, 0.1) is 35.7 Å². The third-order valence-electron chi connectivity index (χ3n) is 4.07. The first-order valence-corrected chi connectivity index (χ1v) is 8.85. The molecule has 1 aromatic carbocycles. The van der Waals surface area contributed by atoms with Crippen molar-refractivity contribution in [2.75, 3.05) is 36.5 Å². The first kappa shape index (κ1) is 20.2. The third kappa shape index (κ3) is 5.24. The smallest absolute Gasteiger partial charge is 0.378 e. The van der Waals surface area contributed by atoms with Crippen LogP contribution in [-0.4, -0.2) is 37.2 Å². The largest absolute Gasteiger partial charge is 0.417 e. The van der Waals surface area contributed by atoms with Crippen LogP contribution in [0.2, 0.25) is 5.02 Å². The van der Waals surface area contributed by atoms with Crippen molar-refractivity contribution in [3.8, 4) is 0 Å². The van der Waals surface area contributed by atoms with Gasteiger partial charge in [0, 0.05) is 19.2 Å². The number of nitrogens with one attached hydrogen (secondary N) is 1. The van der Waals surface area contributed by atoms with Gasteiger partial charge in [-0.05, 0) is 35.9 Å². The summed E-state index contributed by atoms with van der Waals surface area (Å²) in [5.41, 5.74) is -0.244. The SMILES string of the molecule is O=C(/C=C/c1ccc(Cl)c(C(F)(F)F)c1)Nc1ccc(N2CCOCC2)nc1. The molecule has 1 N–H and O–H groups in total. The Morgan fingerprint density at radius 2 is 1.96 bits per heavy atom. The zero-order valence-electron chi connectivity index (χ0n) is 14.7. The molecule has 0 bridgehead atoms. The van der Waals surface area contributed by atoms with E-state index >= 15 is 0 Å². The number of aromatic nitrogens is 1. The van der Waals surface area contributed by atoms with Crippen molar-refractivity contribution in [3.05, 3.63) is 58.8 Å². The highest BCUT2D eigenvalue weighted by Gasteiger charge is 2.33. The molecule has 0 spiro atoms. The summed E-state index contributed by atoms with van der Waals surface area (Å²) in [4.78, 5) is 18.4. The number of morpholine rings is 1. The highest BCUT2D eigenvalue weighted by Crippen LogP contribution is 2.35. The van der Waals surface area contributed by atoms with Crippen molar-refractivity contribution in [1.82, 2.24) is 4.98 Å². The van der Waals surface area contributed by atoms with Gasteiger partial charge in [-0.25, -0.2) is 4.98 Å². The number of carbonyl (C=O) groups is 1. The Morgan fingerprint density at radius 1 is 1.21 bits per heavy atom. The monoisotopic (exact) mass is 411 g/mol. The minimum Gasteiger partial charge on any atom is -0.378 e. The molecule has 2 heterocycles. The van der Waals surface area contributed by atoms with E-state index in [1.807, 2.05) is 0 Å². The quantitative estimate of drug-likeness (QED) is 0.764. The van der Waals surface area contributed by atoms with E-state index in [0.29, 0.717) is 18.9 Å². The second-order valence-corrected chi connectivity index (χ2v) is 6.47. The topological polar surface area (TPSA) is 54.5 Å². The molecule has 0 unspecified atom stereocenters. The molecule has 1 aliphatic heterocycles. The summed E-state index contributed by atoms with van der Waals surface area (Å²) in [7, 11) is 0. The number of benzene rings is 1. The standard InChI is InChI=1S/C19H17ClF3N3O2/c20-16-4-1-13(11-15(16)19(21,22)23)2-6-18(27)25-14-3-5-17(24-12-14)26-7-9-28-10-8-26/h1-6,11-12H,7-10H2,(H,25,27)/b6-2+. The fourth-order valence-electron chi connectivity index (χ4n) is 2.66. The first-order chi connectivity index (χ1) is 13.3. The lowest BCUT2D eigenvalue weighted by Gasteiger charge is -2.27. The Kier molecular flexibility index (Phi) is 6.21. The fraction of sp³-hybridized carbons (Fsp3) is 0.263. The molecule has 1 aliphatic rings. The molecule has 1 amide bonds. The Labute approximate surface area is 164 Å². The van der Waals surface area contributed by atoms with Gasteiger partial charge >= 0.3 is 6.18 Å². The summed E-state index contributed by atoms with van der Waals surface area (Å²) in [6.45, 7) is 2.79. The average molecular weight is 412 g/mol. The van der Waals surface area contributed by atoms with Crippen molar-refractivity contribution in [2.45, 2.75) is 6.18 Å². The molecule has 28 heavy (non-hydrogen) atoms. The number of alkyl halides is 3. The number of ether oxygens (including phenoxy) is 1. The second-order valence-electron chi connectivity index (χ2n) is 6.06. The molecular weight excluding hydrogens is 395 g/mol. The minimum atomic E-state index is -4.56. The van der Waals surface area contributed by atoms with Gasteiger partial charge in [-0.15, -0.1) is 0 Å². The van der Waals surface area contributed by atoms with Crippen LogP contribution in [0.25, 0.3) is 6.08 Å². The van der Waals surface area contributed by atoms with Gasteiger partial charge in [-0.2, -0.15) is 13.2 Å². The number of halogens is 4. The normalized spacial score (nSPS) is 15.1. The Morgan fingerprint density at radius 3 is 2.61 bits per heavy atom. The van der Waals surface area contributed by atoms with Gasteiger partial charge in [0.1, 0.15) is 5.82 Å². The average Bonchev–Trinajstić information content (AvgIpc) is 2.68. The summed E-state index contributed by atoms with van der Waals surface area (Å²) >= 11 is 5.58. The summed E-state index contributed by atoms with van der Waals surface area (Å²) in [5, 5.41) is 2.23. The lowest BCUT2D eigenvalue weighted by molar-refractivity contribution is -0.137. The number of hydrogen-bond acceptors (Lipinski definition) is 4. The van der Waals surface area contributed by atoms with Crippen molar-refractivity contribution in [1.29, 1.82) is 0 Å². The zero-order chi connectivity index (χ0) is 20.1. The first-order valence-electron chi connectivity index (χ1n) is 8.47. The number of nitrogens with zero attached hydrogens (tertiary/aromatic N) is 2. The fourth-order valence-corrected chi connectivity index (χ4v) is 2.88. The van der Waals surface area contributed by atoms with Crippen LogP contribution < -0.4 is 10.2 Å². The molecule has 0 aliphatic carbocycles. The Balaban J connectivity index is 1.62. The molecule has 0 saturated carbocycles.